The molecule has 0 bridgehead atoms. The van der Waals surface area contributed by atoms with Crippen LogP contribution in [0.2, 0.25) is 0 Å². The number of rotatable bonds is 7. The lowest BCUT2D eigenvalue weighted by Crippen LogP contribution is -2.29. The fourth-order valence-electron chi connectivity index (χ4n) is 1.43. The van der Waals surface area contributed by atoms with Crippen LogP contribution in [0.25, 0.3) is 0 Å². The first-order valence-corrected chi connectivity index (χ1v) is 8.14. The predicted octanol–water partition coefficient (Wildman–Crippen LogP) is 0.678. The van der Waals surface area contributed by atoms with Gasteiger partial charge in [0.15, 0.2) is 0 Å². The molecule has 1 heterocycles. The zero-order valence-electron chi connectivity index (χ0n) is 11.1. The Morgan fingerprint density at radius 1 is 1.37 bits per heavy atom. The van der Waals surface area contributed by atoms with Crippen LogP contribution in [0.4, 0.5) is 5.69 Å². The molecule has 0 aliphatic carbocycles. The average Bonchev–Trinajstić information content (AvgIpc) is 2.35. The molecule has 6 nitrogen and oxygen atoms in total. The van der Waals surface area contributed by atoms with E-state index in [-0.39, 0.29) is 18.2 Å². The lowest BCUT2D eigenvalue weighted by atomic mass is 10.2. The Hall–Kier alpha value is -1.63. The van der Waals surface area contributed by atoms with Crippen LogP contribution in [-0.2, 0) is 9.84 Å². The van der Waals surface area contributed by atoms with Gasteiger partial charge in [0, 0.05) is 31.7 Å². The molecule has 19 heavy (non-hydrogen) atoms. The van der Waals surface area contributed by atoms with Gasteiger partial charge in [-0.15, -0.1) is 0 Å². The summed E-state index contributed by atoms with van der Waals surface area (Å²) in [5, 5.41) is 5.71. The quantitative estimate of drug-likeness (QED) is 0.769. The number of hydrogen-bond donors (Lipinski definition) is 2. The number of nitrogens with one attached hydrogen (secondary N) is 2. The van der Waals surface area contributed by atoms with Crippen LogP contribution in [0.5, 0.6) is 0 Å². The molecule has 0 spiro atoms. The summed E-state index contributed by atoms with van der Waals surface area (Å²) in [5.74, 6) is -0.396. The second-order valence-electron chi connectivity index (χ2n) is 4.23. The maximum absolute atomic E-state index is 11.9. The second-order valence-corrected chi connectivity index (χ2v) is 6.49. The molecule has 106 valence electrons. The minimum atomic E-state index is -3.07. The molecule has 1 aromatic rings. The molecular formula is C12H19N3O3S. The van der Waals surface area contributed by atoms with E-state index in [9.17, 15) is 13.2 Å². The summed E-state index contributed by atoms with van der Waals surface area (Å²) in [6.07, 6.45) is 5.15. The van der Waals surface area contributed by atoms with Crippen LogP contribution in [0.1, 0.15) is 23.7 Å². The van der Waals surface area contributed by atoms with Gasteiger partial charge in [-0.2, -0.15) is 0 Å². The van der Waals surface area contributed by atoms with Crippen molar-refractivity contribution in [2.45, 2.75) is 13.3 Å². The fraction of sp³-hybridized carbons (Fsp3) is 0.500. The zero-order chi connectivity index (χ0) is 14.3. The summed E-state index contributed by atoms with van der Waals surface area (Å²) >= 11 is 0. The number of anilines is 1. The summed E-state index contributed by atoms with van der Waals surface area (Å²) in [6, 6.07) is 1.72. The molecule has 0 unspecified atom stereocenters. The van der Waals surface area contributed by atoms with E-state index < -0.39 is 9.84 Å². The highest BCUT2D eigenvalue weighted by Crippen LogP contribution is 2.13. The first kappa shape index (κ1) is 15.4. The van der Waals surface area contributed by atoms with Crippen molar-refractivity contribution < 1.29 is 13.2 Å². The molecule has 0 aliphatic heterocycles. The van der Waals surface area contributed by atoms with Gasteiger partial charge in [-0.3, -0.25) is 9.78 Å². The minimum Gasteiger partial charge on any atom is -0.384 e. The van der Waals surface area contributed by atoms with Crippen LogP contribution in [0.3, 0.4) is 0 Å². The molecule has 0 aromatic carbocycles. The van der Waals surface area contributed by atoms with Gasteiger partial charge >= 0.3 is 0 Å². The number of amides is 1. The lowest BCUT2D eigenvalue weighted by molar-refractivity contribution is 0.0956. The molecule has 1 aromatic heterocycles. The molecule has 0 saturated carbocycles. The van der Waals surface area contributed by atoms with Crippen molar-refractivity contribution in [2.75, 3.05) is 30.4 Å². The Balaban J connectivity index is 2.65. The van der Waals surface area contributed by atoms with Crippen molar-refractivity contribution in [3.05, 3.63) is 24.0 Å². The fourth-order valence-corrected chi connectivity index (χ4v) is 1.91. The molecule has 0 aliphatic rings. The van der Waals surface area contributed by atoms with Crippen molar-refractivity contribution in [2.24, 2.45) is 0 Å². The average molecular weight is 285 g/mol. The van der Waals surface area contributed by atoms with E-state index in [2.05, 4.69) is 15.6 Å². The van der Waals surface area contributed by atoms with E-state index in [1.807, 2.05) is 6.92 Å². The molecule has 1 amide bonds. The molecule has 7 heteroatoms. The van der Waals surface area contributed by atoms with E-state index in [4.69, 9.17) is 0 Å². The Kier molecular flexibility index (Phi) is 5.75. The summed E-state index contributed by atoms with van der Waals surface area (Å²) in [7, 11) is -3.07. The van der Waals surface area contributed by atoms with Crippen molar-refractivity contribution in [3.63, 3.8) is 0 Å². The number of nitrogens with zero attached hydrogens (tertiary/aromatic N) is 1. The highest BCUT2D eigenvalue weighted by atomic mass is 32.2. The normalized spacial score (nSPS) is 11.1. The third-order valence-electron chi connectivity index (χ3n) is 2.39. The number of carbonyl (C=O) groups excluding carboxylic acids is 1. The van der Waals surface area contributed by atoms with Crippen LogP contribution in [0.15, 0.2) is 18.5 Å². The summed E-state index contributed by atoms with van der Waals surface area (Å²) < 4.78 is 22.0. The van der Waals surface area contributed by atoms with Gasteiger partial charge < -0.3 is 10.6 Å². The number of pyridine rings is 1. The first-order chi connectivity index (χ1) is 8.94. The minimum absolute atomic E-state index is 0.0727. The van der Waals surface area contributed by atoms with E-state index in [0.717, 1.165) is 19.2 Å². The third kappa shape index (κ3) is 5.69. The van der Waals surface area contributed by atoms with Gasteiger partial charge in [-0.1, -0.05) is 6.92 Å². The number of aromatic nitrogens is 1. The van der Waals surface area contributed by atoms with Crippen molar-refractivity contribution in [1.82, 2.24) is 10.3 Å². The third-order valence-corrected chi connectivity index (χ3v) is 3.34. The summed E-state index contributed by atoms with van der Waals surface area (Å²) in [4.78, 5) is 15.8. The number of carbonyl (C=O) groups is 1. The van der Waals surface area contributed by atoms with Gasteiger partial charge in [0.1, 0.15) is 9.84 Å². The van der Waals surface area contributed by atoms with E-state index in [0.29, 0.717) is 11.3 Å². The summed E-state index contributed by atoms with van der Waals surface area (Å²) in [5.41, 5.74) is 1.12. The SMILES string of the molecule is CCCNc1ccncc1C(=O)NCCS(C)(=O)=O. The van der Waals surface area contributed by atoms with Gasteiger partial charge in [0.2, 0.25) is 0 Å². The van der Waals surface area contributed by atoms with Gasteiger partial charge in [-0.05, 0) is 12.5 Å². The maximum atomic E-state index is 11.9. The summed E-state index contributed by atoms with van der Waals surface area (Å²) in [6.45, 7) is 2.88. The number of hydrogen-bond acceptors (Lipinski definition) is 5. The van der Waals surface area contributed by atoms with Crippen LogP contribution in [0, 0.1) is 0 Å². The van der Waals surface area contributed by atoms with Crippen LogP contribution < -0.4 is 10.6 Å². The molecule has 0 saturated heterocycles. The Morgan fingerprint density at radius 3 is 2.74 bits per heavy atom. The highest BCUT2D eigenvalue weighted by Gasteiger charge is 2.11. The Morgan fingerprint density at radius 2 is 2.11 bits per heavy atom. The van der Waals surface area contributed by atoms with E-state index in [1.165, 1.54) is 6.20 Å². The van der Waals surface area contributed by atoms with Crippen LogP contribution >= 0.6 is 0 Å². The Bertz CT molecular complexity index is 529. The first-order valence-electron chi connectivity index (χ1n) is 6.08. The monoisotopic (exact) mass is 285 g/mol. The molecule has 1 rings (SSSR count). The Labute approximate surface area is 113 Å². The molecular weight excluding hydrogens is 266 g/mol. The van der Waals surface area contributed by atoms with Gasteiger partial charge in [-0.25, -0.2) is 8.42 Å². The molecule has 2 N–H and O–H groups in total. The zero-order valence-corrected chi connectivity index (χ0v) is 12.0. The van der Waals surface area contributed by atoms with Crippen molar-refractivity contribution in [3.8, 4) is 0 Å². The van der Waals surface area contributed by atoms with Crippen molar-refractivity contribution >= 4 is 21.4 Å². The maximum Gasteiger partial charge on any atom is 0.254 e. The van der Waals surface area contributed by atoms with E-state index >= 15 is 0 Å². The molecule has 0 fully saturated rings. The molecule has 0 radical (unpaired) electrons. The topological polar surface area (TPSA) is 88.2 Å². The largest absolute Gasteiger partial charge is 0.384 e. The lowest BCUT2D eigenvalue weighted by Gasteiger charge is -2.10. The smallest absolute Gasteiger partial charge is 0.254 e. The van der Waals surface area contributed by atoms with Crippen LogP contribution in [-0.4, -0.2) is 44.4 Å². The predicted molar refractivity (Wildman–Crippen MR) is 75.1 cm³/mol. The molecule has 0 atom stereocenters. The standard InChI is InChI=1S/C12H19N3O3S/c1-3-5-14-11-4-6-13-9-10(11)12(16)15-7-8-19(2,17)18/h4,6,9H,3,5,7-8H2,1-2H3,(H,13,14)(H,15,16). The van der Waals surface area contributed by atoms with Gasteiger partial charge in [0.05, 0.1) is 17.0 Å². The van der Waals surface area contributed by atoms with Crippen molar-refractivity contribution in [1.29, 1.82) is 0 Å². The highest BCUT2D eigenvalue weighted by molar-refractivity contribution is 7.90. The van der Waals surface area contributed by atoms with Gasteiger partial charge in [0.25, 0.3) is 5.91 Å². The second kappa shape index (κ2) is 7.08. The van der Waals surface area contributed by atoms with E-state index in [1.54, 1.807) is 12.3 Å². The number of sulfone groups is 1.